The van der Waals surface area contributed by atoms with Crippen molar-refractivity contribution < 1.29 is 14.3 Å². The van der Waals surface area contributed by atoms with E-state index in [9.17, 15) is 4.79 Å². The summed E-state index contributed by atoms with van der Waals surface area (Å²) < 4.78 is 12.6. The molecule has 2 aromatic carbocycles. The van der Waals surface area contributed by atoms with Crippen molar-refractivity contribution in [3.63, 3.8) is 0 Å². The molecule has 4 aromatic rings. The standard InChI is InChI=1S/C23H22N2O3S/c1-13(2)11-20-22(23(24)26)21-18(5-4-6-19(21)29-20)28-17-9-10-25-16-12-14(27-3)7-8-15(16)17/h4-10,12-13H,11H2,1-3H3,(H2,24,26). The van der Waals surface area contributed by atoms with Crippen molar-refractivity contribution in [2.45, 2.75) is 20.3 Å². The van der Waals surface area contributed by atoms with Crippen LogP contribution in [-0.4, -0.2) is 18.0 Å². The molecule has 4 rings (SSSR count). The van der Waals surface area contributed by atoms with Gasteiger partial charge in [-0.2, -0.15) is 0 Å². The molecule has 1 amide bonds. The van der Waals surface area contributed by atoms with E-state index in [1.807, 2.05) is 42.5 Å². The first-order valence-corrected chi connectivity index (χ1v) is 10.2. The maximum atomic E-state index is 12.3. The highest BCUT2D eigenvalue weighted by atomic mass is 32.1. The van der Waals surface area contributed by atoms with Crippen molar-refractivity contribution in [2.75, 3.05) is 7.11 Å². The smallest absolute Gasteiger partial charge is 0.250 e. The Morgan fingerprint density at radius 1 is 1.17 bits per heavy atom. The fourth-order valence-electron chi connectivity index (χ4n) is 3.46. The predicted octanol–water partition coefficient (Wildman–Crippen LogP) is 5.55. The largest absolute Gasteiger partial charge is 0.497 e. The lowest BCUT2D eigenvalue weighted by Crippen LogP contribution is -2.13. The molecule has 6 heteroatoms. The van der Waals surface area contributed by atoms with Gasteiger partial charge in [-0.05, 0) is 42.7 Å². The van der Waals surface area contributed by atoms with Gasteiger partial charge >= 0.3 is 0 Å². The number of nitrogens with two attached hydrogens (primary N) is 1. The van der Waals surface area contributed by atoms with Crippen LogP contribution >= 0.6 is 11.3 Å². The number of carbonyl (C=O) groups excluding carboxylic acids is 1. The lowest BCUT2D eigenvalue weighted by molar-refractivity contribution is 0.100. The summed E-state index contributed by atoms with van der Waals surface area (Å²) in [5, 5.41) is 1.64. The molecule has 2 aromatic heterocycles. The van der Waals surface area contributed by atoms with Gasteiger partial charge in [0.15, 0.2) is 0 Å². The third kappa shape index (κ3) is 3.63. The van der Waals surface area contributed by atoms with Gasteiger partial charge in [0.2, 0.25) is 0 Å². The summed E-state index contributed by atoms with van der Waals surface area (Å²) in [5.74, 6) is 2.01. The number of nitrogens with zero attached hydrogens (tertiary/aromatic N) is 1. The van der Waals surface area contributed by atoms with Crippen LogP contribution in [0.3, 0.4) is 0 Å². The number of methoxy groups -OCH3 is 1. The molecule has 0 spiro atoms. The van der Waals surface area contributed by atoms with Gasteiger partial charge in [-0.1, -0.05) is 19.9 Å². The van der Waals surface area contributed by atoms with E-state index in [1.165, 1.54) is 0 Å². The van der Waals surface area contributed by atoms with E-state index in [-0.39, 0.29) is 0 Å². The molecule has 0 unspecified atom stereocenters. The van der Waals surface area contributed by atoms with E-state index in [4.69, 9.17) is 15.2 Å². The van der Waals surface area contributed by atoms with Crippen molar-refractivity contribution in [3.8, 4) is 17.2 Å². The molecule has 2 heterocycles. The Morgan fingerprint density at radius 3 is 2.72 bits per heavy atom. The minimum atomic E-state index is -0.424. The molecule has 0 saturated carbocycles. The zero-order valence-electron chi connectivity index (χ0n) is 16.6. The maximum absolute atomic E-state index is 12.3. The summed E-state index contributed by atoms with van der Waals surface area (Å²) in [6, 6.07) is 13.3. The third-order valence-electron chi connectivity index (χ3n) is 4.72. The summed E-state index contributed by atoms with van der Waals surface area (Å²) in [6.45, 7) is 4.26. The number of amides is 1. The van der Waals surface area contributed by atoms with E-state index >= 15 is 0 Å². The van der Waals surface area contributed by atoms with Crippen LogP contribution in [0.15, 0.2) is 48.7 Å². The zero-order valence-corrected chi connectivity index (χ0v) is 17.4. The van der Waals surface area contributed by atoms with Gasteiger partial charge < -0.3 is 15.2 Å². The minimum absolute atomic E-state index is 0.421. The summed E-state index contributed by atoms with van der Waals surface area (Å²) in [6.07, 6.45) is 2.50. The second kappa shape index (κ2) is 7.72. The molecule has 0 fully saturated rings. The van der Waals surface area contributed by atoms with E-state index < -0.39 is 5.91 Å². The van der Waals surface area contributed by atoms with Gasteiger partial charge in [0, 0.05) is 32.6 Å². The quantitative estimate of drug-likeness (QED) is 0.456. The van der Waals surface area contributed by atoms with Crippen molar-refractivity contribution in [2.24, 2.45) is 11.7 Å². The van der Waals surface area contributed by atoms with Gasteiger partial charge in [0.05, 0.1) is 18.2 Å². The van der Waals surface area contributed by atoms with Crippen LogP contribution in [0, 0.1) is 5.92 Å². The number of thiophene rings is 1. The molecule has 0 aliphatic rings. The van der Waals surface area contributed by atoms with Crippen molar-refractivity contribution in [1.82, 2.24) is 4.98 Å². The number of ether oxygens (including phenoxy) is 2. The first-order chi connectivity index (χ1) is 14.0. The van der Waals surface area contributed by atoms with Crippen molar-refractivity contribution in [1.29, 1.82) is 0 Å². The van der Waals surface area contributed by atoms with Crippen LogP contribution in [0.25, 0.3) is 21.0 Å². The summed E-state index contributed by atoms with van der Waals surface area (Å²) in [4.78, 5) is 17.7. The average molecular weight is 407 g/mol. The highest BCUT2D eigenvalue weighted by Crippen LogP contribution is 2.41. The molecule has 0 saturated heterocycles. The summed E-state index contributed by atoms with van der Waals surface area (Å²) >= 11 is 1.60. The van der Waals surface area contributed by atoms with Crippen LogP contribution in [0.1, 0.15) is 29.1 Å². The Bertz CT molecular complexity index is 1210. The topological polar surface area (TPSA) is 74.4 Å². The molecule has 5 nitrogen and oxygen atoms in total. The first-order valence-electron chi connectivity index (χ1n) is 9.42. The second-order valence-corrected chi connectivity index (χ2v) is 8.42. The molecular formula is C23H22N2O3S. The Morgan fingerprint density at radius 2 is 2.00 bits per heavy atom. The molecular weight excluding hydrogens is 384 g/mol. The van der Waals surface area contributed by atoms with E-state index in [0.717, 1.165) is 38.0 Å². The maximum Gasteiger partial charge on any atom is 0.250 e. The highest BCUT2D eigenvalue weighted by Gasteiger charge is 2.21. The molecule has 0 radical (unpaired) electrons. The number of primary amides is 1. The van der Waals surface area contributed by atoms with Crippen LogP contribution in [-0.2, 0) is 6.42 Å². The Balaban J connectivity index is 1.86. The molecule has 0 aliphatic heterocycles. The van der Waals surface area contributed by atoms with Gasteiger partial charge in [-0.15, -0.1) is 11.3 Å². The molecule has 0 bridgehead atoms. The Hall–Kier alpha value is -3.12. The van der Waals surface area contributed by atoms with Crippen LogP contribution < -0.4 is 15.2 Å². The number of carbonyl (C=O) groups is 1. The highest BCUT2D eigenvalue weighted by molar-refractivity contribution is 7.19. The lowest BCUT2D eigenvalue weighted by atomic mass is 10.0. The third-order valence-corrected chi connectivity index (χ3v) is 5.90. The number of aromatic nitrogens is 1. The Labute approximate surface area is 173 Å². The second-order valence-electron chi connectivity index (χ2n) is 7.29. The van der Waals surface area contributed by atoms with Crippen LogP contribution in [0.2, 0.25) is 0 Å². The number of rotatable bonds is 6. The predicted molar refractivity (Wildman–Crippen MR) is 117 cm³/mol. The molecule has 0 atom stereocenters. The fraction of sp³-hybridized carbons (Fsp3) is 0.217. The van der Waals surface area contributed by atoms with Gasteiger partial charge in [0.1, 0.15) is 17.2 Å². The Kier molecular flexibility index (Phi) is 5.11. The number of fused-ring (bicyclic) bond motifs is 2. The SMILES string of the molecule is COc1ccc2c(Oc3cccc4sc(CC(C)C)c(C(N)=O)c34)ccnc2c1. The van der Waals surface area contributed by atoms with Gasteiger partial charge in [0.25, 0.3) is 5.91 Å². The monoisotopic (exact) mass is 406 g/mol. The molecule has 29 heavy (non-hydrogen) atoms. The zero-order chi connectivity index (χ0) is 20.5. The van der Waals surface area contributed by atoms with Gasteiger partial charge in [-0.3, -0.25) is 9.78 Å². The van der Waals surface area contributed by atoms with Gasteiger partial charge in [-0.25, -0.2) is 0 Å². The fourth-order valence-corrected chi connectivity index (χ4v) is 4.90. The van der Waals surface area contributed by atoms with E-state index in [2.05, 4.69) is 18.8 Å². The number of hydrogen-bond donors (Lipinski definition) is 1. The van der Waals surface area contributed by atoms with E-state index in [0.29, 0.717) is 23.0 Å². The summed E-state index contributed by atoms with van der Waals surface area (Å²) in [7, 11) is 1.62. The molecule has 148 valence electrons. The van der Waals surface area contributed by atoms with Crippen molar-refractivity contribution in [3.05, 3.63) is 59.1 Å². The number of pyridine rings is 1. The van der Waals surface area contributed by atoms with Crippen molar-refractivity contribution >= 4 is 38.2 Å². The number of benzene rings is 2. The minimum Gasteiger partial charge on any atom is -0.497 e. The normalized spacial score (nSPS) is 11.3. The average Bonchev–Trinajstić information content (AvgIpc) is 3.06. The summed E-state index contributed by atoms with van der Waals surface area (Å²) in [5.41, 5.74) is 7.11. The van der Waals surface area contributed by atoms with Crippen LogP contribution in [0.5, 0.6) is 17.2 Å². The molecule has 0 aliphatic carbocycles. The number of hydrogen-bond acceptors (Lipinski definition) is 5. The first kappa shape index (κ1) is 19.2. The van der Waals surface area contributed by atoms with E-state index in [1.54, 1.807) is 24.6 Å². The molecule has 2 N–H and O–H groups in total. The van der Waals surface area contributed by atoms with Crippen LogP contribution in [0.4, 0.5) is 0 Å². The lowest BCUT2D eigenvalue weighted by Gasteiger charge is -2.11.